The standard InChI is InChI=1S/C20H41BrO/c1-4-6-7-8-9-10-11-12-13-14-15-16-17-18-20(5-2)22-19(3)21/h19-20H,4-18H2,1-3H3. The minimum Gasteiger partial charge on any atom is -0.364 e. The second-order valence-corrected chi connectivity index (χ2v) is 8.03. The van der Waals surface area contributed by atoms with E-state index in [1.54, 1.807) is 0 Å². The first-order valence-electron chi connectivity index (χ1n) is 10.00. The van der Waals surface area contributed by atoms with Crippen molar-refractivity contribution in [3.8, 4) is 0 Å². The average molecular weight is 377 g/mol. The van der Waals surface area contributed by atoms with E-state index in [9.17, 15) is 0 Å². The van der Waals surface area contributed by atoms with E-state index in [1.807, 2.05) is 0 Å². The van der Waals surface area contributed by atoms with Crippen LogP contribution in [-0.4, -0.2) is 11.1 Å². The van der Waals surface area contributed by atoms with E-state index in [2.05, 4.69) is 36.7 Å². The Bertz CT molecular complexity index is 206. The summed E-state index contributed by atoms with van der Waals surface area (Å²) >= 11 is 3.47. The van der Waals surface area contributed by atoms with Crippen molar-refractivity contribution in [3.05, 3.63) is 0 Å². The molecule has 0 amide bonds. The molecule has 0 aromatic heterocycles. The van der Waals surface area contributed by atoms with Crippen molar-refractivity contribution in [1.29, 1.82) is 0 Å². The van der Waals surface area contributed by atoms with Crippen LogP contribution >= 0.6 is 15.9 Å². The lowest BCUT2D eigenvalue weighted by molar-refractivity contribution is 0.0375. The molecule has 0 saturated heterocycles. The van der Waals surface area contributed by atoms with Gasteiger partial charge in [-0.15, -0.1) is 0 Å². The summed E-state index contributed by atoms with van der Waals surface area (Å²) in [5.41, 5.74) is 0. The summed E-state index contributed by atoms with van der Waals surface area (Å²) in [6.45, 7) is 6.58. The van der Waals surface area contributed by atoms with Crippen LogP contribution in [0.15, 0.2) is 0 Å². The van der Waals surface area contributed by atoms with E-state index in [4.69, 9.17) is 4.74 Å². The Morgan fingerprint density at radius 2 is 1.09 bits per heavy atom. The Hall–Kier alpha value is 0.440. The summed E-state index contributed by atoms with van der Waals surface area (Å²) in [7, 11) is 0. The van der Waals surface area contributed by atoms with Gasteiger partial charge in [-0.05, 0) is 19.8 Å². The molecule has 2 unspecified atom stereocenters. The highest BCUT2D eigenvalue weighted by atomic mass is 79.9. The minimum absolute atomic E-state index is 0.194. The lowest BCUT2D eigenvalue weighted by atomic mass is 10.0. The van der Waals surface area contributed by atoms with Crippen LogP contribution in [0.4, 0.5) is 0 Å². The summed E-state index contributed by atoms with van der Waals surface area (Å²) in [5.74, 6) is 0. The second kappa shape index (κ2) is 17.8. The van der Waals surface area contributed by atoms with Gasteiger partial charge in [0, 0.05) is 0 Å². The van der Waals surface area contributed by atoms with Crippen molar-refractivity contribution in [2.75, 3.05) is 0 Å². The SMILES string of the molecule is CCCCCCCCCCCCCCCC(CC)OC(C)Br. The minimum atomic E-state index is 0.194. The third-order valence-electron chi connectivity index (χ3n) is 4.46. The van der Waals surface area contributed by atoms with Crippen LogP contribution in [0.25, 0.3) is 0 Å². The molecule has 0 aromatic rings. The van der Waals surface area contributed by atoms with E-state index in [1.165, 1.54) is 89.9 Å². The van der Waals surface area contributed by atoms with Gasteiger partial charge in [0.15, 0.2) is 0 Å². The quantitative estimate of drug-likeness (QED) is 0.184. The molecular formula is C20H41BrO. The largest absolute Gasteiger partial charge is 0.364 e. The summed E-state index contributed by atoms with van der Waals surface area (Å²) in [6, 6.07) is 0. The normalized spacial score (nSPS) is 14.2. The molecule has 0 N–H and O–H groups in total. The van der Waals surface area contributed by atoms with Crippen LogP contribution in [-0.2, 0) is 4.74 Å². The van der Waals surface area contributed by atoms with Crippen LogP contribution in [0.3, 0.4) is 0 Å². The molecule has 0 aliphatic carbocycles. The maximum atomic E-state index is 5.82. The van der Waals surface area contributed by atoms with Gasteiger partial charge < -0.3 is 4.74 Å². The Balaban J connectivity index is 3.16. The molecule has 0 radical (unpaired) electrons. The van der Waals surface area contributed by atoms with Gasteiger partial charge in [-0.1, -0.05) is 113 Å². The van der Waals surface area contributed by atoms with E-state index < -0.39 is 0 Å². The Kier molecular flexibility index (Phi) is 18.1. The Morgan fingerprint density at radius 3 is 1.45 bits per heavy atom. The first-order valence-corrected chi connectivity index (χ1v) is 10.9. The Labute approximate surface area is 149 Å². The molecule has 0 saturated carbocycles. The smallest absolute Gasteiger partial charge is 0.110 e. The van der Waals surface area contributed by atoms with E-state index >= 15 is 0 Å². The molecule has 0 aromatic carbocycles. The van der Waals surface area contributed by atoms with Crippen molar-refractivity contribution in [2.24, 2.45) is 0 Å². The second-order valence-electron chi connectivity index (χ2n) is 6.74. The zero-order chi connectivity index (χ0) is 16.5. The predicted molar refractivity (Wildman–Crippen MR) is 104 cm³/mol. The fourth-order valence-corrected chi connectivity index (χ4v) is 3.33. The molecule has 0 spiro atoms. The Morgan fingerprint density at radius 1 is 0.682 bits per heavy atom. The molecule has 0 aliphatic rings. The summed E-state index contributed by atoms with van der Waals surface area (Å²) in [6.07, 6.45) is 21.3. The first kappa shape index (κ1) is 22.4. The highest BCUT2D eigenvalue weighted by molar-refractivity contribution is 9.09. The van der Waals surface area contributed by atoms with E-state index in [0.29, 0.717) is 6.10 Å². The highest BCUT2D eigenvalue weighted by Crippen LogP contribution is 2.16. The number of halogens is 1. The van der Waals surface area contributed by atoms with Gasteiger partial charge in [0.2, 0.25) is 0 Å². The van der Waals surface area contributed by atoms with Gasteiger partial charge in [-0.25, -0.2) is 0 Å². The lowest BCUT2D eigenvalue weighted by Crippen LogP contribution is -2.15. The molecule has 0 heterocycles. The monoisotopic (exact) mass is 376 g/mol. The third-order valence-corrected chi connectivity index (χ3v) is 4.68. The van der Waals surface area contributed by atoms with Crippen LogP contribution in [0, 0.1) is 0 Å². The zero-order valence-corrected chi connectivity index (χ0v) is 17.1. The third kappa shape index (κ3) is 16.8. The van der Waals surface area contributed by atoms with Crippen molar-refractivity contribution < 1.29 is 4.74 Å². The summed E-state index contributed by atoms with van der Waals surface area (Å²) in [4.78, 5) is 0. The number of hydrogen-bond acceptors (Lipinski definition) is 1. The molecule has 0 bridgehead atoms. The molecule has 1 nitrogen and oxygen atoms in total. The van der Waals surface area contributed by atoms with Crippen molar-refractivity contribution in [3.63, 3.8) is 0 Å². The van der Waals surface area contributed by atoms with Crippen LogP contribution < -0.4 is 0 Å². The van der Waals surface area contributed by atoms with Gasteiger partial charge in [-0.3, -0.25) is 0 Å². The summed E-state index contributed by atoms with van der Waals surface area (Å²) in [5, 5.41) is 0.194. The van der Waals surface area contributed by atoms with Gasteiger partial charge in [0.25, 0.3) is 0 Å². The van der Waals surface area contributed by atoms with Crippen molar-refractivity contribution >= 4 is 15.9 Å². The first-order chi connectivity index (χ1) is 10.7. The van der Waals surface area contributed by atoms with E-state index in [-0.39, 0.29) is 5.01 Å². The molecule has 0 aliphatic heterocycles. The van der Waals surface area contributed by atoms with Gasteiger partial charge >= 0.3 is 0 Å². The molecule has 22 heavy (non-hydrogen) atoms. The molecule has 2 heteroatoms. The molecule has 134 valence electrons. The van der Waals surface area contributed by atoms with Crippen molar-refractivity contribution in [2.45, 2.75) is 128 Å². The maximum absolute atomic E-state index is 5.82. The number of hydrogen-bond donors (Lipinski definition) is 0. The molecular weight excluding hydrogens is 336 g/mol. The topological polar surface area (TPSA) is 9.23 Å². The number of rotatable bonds is 17. The molecule has 2 atom stereocenters. The zero-order valence-electron chi connectivity index (χ0n) is 15.5. The summed E-state index contributed by atoms with van der Waals surface area (Å²) < 4.78 is 5.82. The van der Waals surface area contributed by atoms with Gasteiger partial charge in [0.1, 0.15) is 5.01 Å². The van der Waals surface area contributed by atoms with E-state index in [0.717, 1.165) is 6.42 Å². The van der Waals surface area contributed by atoms with Crippen LogP contribution in [0.5, 0.6) is 0 Å². The fraction of sp³-hybridized carbons (Fsp3) is 1.00. The fourth-order valence-electron chi connectivity index (χ4n) is 3.02. The lowest BCUT2D eigenvalue weighted by Gasteiger charge is -2.17. The average Bonchev–Trinajstić information content (AvgIpc) is 2.50. The highest BCUT2D eigenvalue weighted by Gasteiger charge is 2.08. The van der Waals surface area contributed by atoms with Gasteiger partial charge in [0.05, 0.1) is 6.10 Å². The van der Waals surface area contributed by atoms with Crippen LogP contribution in [0.2, 0.25) is 0 Å². The van der Waals surface area contributed by atoms with Crippen LogP contribution in [0.1, 0.15) is 117 Å². The molecule has 0 fully saturated rings. The molecule has 0 rings (SSSR count). The maximum Gasteiger partial charge on any atom is 0.110 e. The number of unbranched alkanes of at least 4 members (excludes halogenated alkanes) is 12. The number of ether oxygens (including phenoxy) is 1. The predicted octanol–water partition coefficient (Wildman–Crippen LogP) is 8.00. The van der Waals surface area contributed by atoms with Crippen molar-refractivity contribution in [1.82, 2.24) is 0 Å². The van der Waals surface area contributed by atoms with Gasteiger partial charge in [-0.2, -0.15) is 0 Å². The number of alkyl halides is 1.